The largest absolute Gasteiger partial charge is 0.459 e. The molecule has 0 radical (unpaired) electrons. The average molecular weight is 435 g/mol. The van der Waals surface area contributed by atoms with E-state index in [-0.39, 0.29) is 25.0 Å². The summed E-state index contributed by atoms with van der Waals surface area (Å²) in [7, 11) is 0. The molecule has 1 aliphatic heterocycles. The zero-order valence-electron chi connectivity index (χ0n) is 16.8. The normalized spacial score (nSPS) is 12.3. The molecule has 0 fully saturated rings. The van der Waals surface area contributed by atoms with E-state index in [1.807, 2.05) is 49.4 Å². The fourth-order valence-electron chi connectivity index (χ4n) is 3.57. The summed E-state index contributed by atoms with van der Waals surface area (Å²) in [5.74, 6) is 1.39. The highest BCUT2D eigenvalue weighted by Crippen LogP contribution is 2.36. The number of aryl methyl sites for hydroxylation is 1. The van der Waals surface area contributed by atoms with E-state index < -0.39 is 0 Å². The minimum atomic E-state index is -0.215. The van der Waals surface area contributed by atoms with Crippen LogP contribution in [0.5, 0.6) is 11.5 Å². The third-order valence-corrected chi connectivity index (χ3v) is 5.54. The second kappa shape index (κ2) is 7.96. The van der Waals surface area contributed by atoms with Crippen molar-refractivity contribution in [2.75, 3.05) is 6.79 Å². The van der Waals surface area contributed by atoms with Crippen molar-refractivity contribution in [3.8, 4) is 11.5 Å². The van der Waals surface area contributed by atoms with Crippen molar-refractivity contribution >= 4 is 28.4 Å². The number of pyridine rings is 1. The van der Waals surface area contributed by atoms with Crippen molar-refractivity contribution < 1.29 is 18.7 Å². The predicted molar refractivity (Wildman–Crippen MR) is 116 cm³/mol. The first-order valence-corrected chi connectivity index (χ1v) is 10.2. The number of ether oxygens (including phenoxy) is 2. The zero-order chi connectivity index (χ0) is 21.4. The number of aromatic nitrogens is 1. The molecular weight excluding hydrogens is 416 g/mol. The average Bonchev–Trinajstić information content (AvgIpc) is 3.45. The van der Waals surface area contributed by atoms with Crippen LogP contribution in [0.25, 0.3) is 10.9 Å². The lowest BCUT2D eigenvalue weighted by molar-refractivity contribution is 0.0697. The minimum Gasteiger partial charge on any atom is -0.459 e. The molecule has 0 unspecified atom stereocenters. The van der Waals surface area contributed by atoms with Crippen LogP contribution in [-0.2, 0) is 13.1 Å². The molecule has 6 nitrogen and oxygen atoms in total. The maximum absolute atomic E-state index is 13.1. The summed E-state index contributed by atoms with van der Waals surface area (Å²) in [6.45, 7) is 2.91. The summed E-state index contributed by atoms with van der Waals surface area (Å²) >= 11 is 6.51. The van der Waals surface area contributed by atoms with Gasteiger partial charge in [-0.05, 0) is 36.8 Å². The van der Waals surface area contributed by atoms with Gasteiger partial charge in [0.25, 0.3) is 5.91 Å². The van der Waals surface area contributed by atoms with Gasteiger partial charge in [-0.25, -0.2) is 4.98 Å². The molecule has 0 atom stereocenters. The number of rotatable bonds is 5. The monoisotopic (exact) mass is 434 g/mol. The third-order valence-electron chi connectivity index (χ3n) is 5.21. The van der Waals surface area contributed by atoms with Gasteiger partial charge in [-0.15, -0.1) is 0 Å². The number of furan rings is 1. The highest BCUT2D eigenvalue weighted by atomic mass is 35.5. The standard InChI is InChI=1S/C24H19ClN2O4/c1-15-4-6-16(7-5-15)12-27(24(28)20-3-2-8-29-20)13-18-9-17-10-21-22(31-14-30-21)11-19(17)26-23(18)25/h2-11H,12-14H2,1H3. The molecule has 1 amide bonds. The molecule has 1 aliphatic rings. The number of hydrogen-bond donors (Lipinski definition) is 0. The Morgan fingerprint density at radius 3 is 2.58 bits per heavy atom. The molecule has 0 bridgehead atoms. The van der Waals surface area contributed by atoms with Crippen LogP contribution in [0.4, 0.5) is 0 Å². The molecule has 31 heavy (non-hydrogen) atoms. The van der Waals surface area contributed by atoms with E-state index in [9.17, 15) is 4.79 Å². The number of amides is 1. The minimum absolute atomic E-state index is 0.189. The van der Waals surface area contributed by atoms with E-state index in [0.29, 0.717) is 28.7 Å². The summed E-state index contributed by atoms with van der Waals surface area (Å²) in [5.41, 5.74) is 3.62. The molecule has 3 heterocycles. The van der Waals surface area contributed by atoms with Crippen molar-refractivity contribution in [1.29, 1.82) is 0 Å². The van der Waals surface area contributed by atoms with Crippen LogP contribution in [0.2, 0.25) is 5.15 Å². The van der Waals surface area contributed by atoms with Gasteiger partial charge in [-0.2, -0.15) is 0 Å². The molecule has 7 heteroatoms. The Labute approximate surface area is 184 Å². The molecule has 0 N–H and O–H groups in total. The predicted octanol–water partition coefficient (Wildman–Crippen LogP) is 5.36. The van der Waals surface area contributed by atoms with E-state index >= 15 is 0 Å². The molecule has 4 aromatic rings. The molecule has 156 valence electrons. The Hall–Kier alpha value is -3.51. The Morgan fingerprint density at radius 1 is 1.06 bits per heavy atom. The van der Waals surface area contributed by atoms with Gasteiger partial charge < -0.3 is 18.8 Å². The first-order valence-electron chi connectivity index (χ1n) is 9.84. The second-order valence-electron chi connectivity index (χ2n) is 7.46. The summed E-state index contributed by atoms with van der Waals surface area (Å²) in [6, 6.07) is 17.1. The number of carbonyl (C=O) groups is 1. The van der Waals surface area contributed by atoms with Crippen molar-refractivity contribution in [1.82, 2.24) is 9.88 Å². The first kappa shape index (κ1) is 19.5. The van der Waals surface area contributed by atoms with E-state index in [1.165, 1.54) is 6.26 Å². The Morgan fingerprint density at radius 2 is 1.84 bits per heavy atom. The molecular formula is C24H19ClN2O4. The number of carbonyl (C=O) groups excluding carboxylic acids is 1. The van der Waals surface area contributed by atoms with Gasteiger partial charge in [0.2, 0.25) is 6.79 Å². The molecule has 0 saturated heterocycles. The topological polar surface area (TPSA) is 64.8 Å². The molecule has 5 rings (SSSR count). The van der Waals surface area contributed by atoms with E-state index in [0.717, 1.165) is 22.1 Å². The highest BCUT2D eigenvalue weighted by Gasteiger charge is 2.22. The lowest BCUT2D eigenvalue weighted by Gasteiger charge is -2.23. The van der Waals surface area contributed by atoms with Gasteiger partial charge in [0.15, 0.2) is 17.3 Å². The van der Waals surface area contributed by atoms with Crippen LogP contribution in [0.3, 0.4) is 0 Å². The van der Waals surface area contributed by atoms with Crippen LogP contribution < -0.4 is 9.47 Å². The highest BCUT2D eigenvalue weighted by molar-refractivity contribution is 6.30. The van der Waals surface area contributed by atoms with Crippen molar-refractivity contribution in [2.45, 2.75) is 20.0 Å². The number of benzene rings is 2. The SMILES string of the molecule is Cc1ccc(CN(Cc2cc3cc4c(cc3nc2Cl)OCO4)C(=O)c2ccco2)cc1. The molecule has 0 saturated carbocycles. The number of fused-ring (bicyclic) bond motifs is 2. The summed E-state index contributed by atoms with van der Waals surface area (Å²) in [5, 5.41) is 1.21. The van der Waals surface area contributed by atoms with Crippen molar-refractivity contribution in [3.05, 3.63) is 88.5 Å². The quantitative estimate of drug-likeness (QED) is 0.395. The molecule has 0 spiro atoms. The third kappa shape index (κ3) is 3.94. The summed E-state index contributed by atoms with van der Waals surface area (Å²) in [4.78, 5) is 19.4. The number of halogens is 1. The van der Waals surface area contributed by atoms with Crippen molar-refractivity contribution in [3.63, 3.8) is 0 Å². The summed E-state index contributed by atoms with van der Waals surface area (Å²) in [6.07, 6.45) is 1.49. The lowest BCUT2D eigenvalue weighted by atomic mass is 10.1. The first-order chi connectivity index (χ1) is 15.1. The maximum Gasteiger partial charge on any atom is 0.290 e. The molecule has 2 aromatic heterocycles. The zero-order valence-corrected chi connectivity index (χ0v) is 17.6. The van der Waals surface area contributed by atoms with Crippen LogP contribution >= 0.6 is 11.6 Å². The Bertz CT molecular complexity index is 1250. The van der Waals surface area contributed by atoms with Gasteiger partial charge >= 0.3 is 0 Å². The Balaban J connectivity index is 1.49. The van der Waals surface area contributed by atoms with Gasteiger partial charge in [0.05, 0.1) is 11.8 Å². The lowest BCUT2D eigenvalue weighted by Crippen LogP contribution is -2.30. The van der Waals surface area contributed by atoms with Gasteiger partial charge in [0.1, 0.15) is 5.15 Å². The fourth-order valence-corrected chi connectivity index (χ4v) is 3.78. The van der Waals surface area contributed by atoms with Gasteiger partial charge in [-0.3, -0.25) is 4.79 Å². The van der Waals surface area contributed by atoms with E-state index in [2.05, 4.69) is 4.98 Å². The fraction of sp³-hybridized carbons (Fsp3) is 0.167. The van der Waals surface area contributed by atoms with Crippen LogP contribution in [0.15, 0.2) is 65.3 Å². The number of hydrogen-bond acceptors (Lipinski definition) is 5. The van der Waals surface area contributed by atoms with Gasteiger partial charge in [0, 0.05) is 30.1 Å². The van der Waals surface area contributed by atoms with Crippen molar-refractivity contribution in [2.24, 2.45) is 0 Å². The maximum atomic E-state index is 13.1. The smallest absolute Gasteiger partial charge is 0.290 e. The Kier molecular flexibility index (Phi) is 5.00. The number of nitrogens with zero attached hydrogens (tertiary/aromatic N) is 2. The summed E-state index contributed by atoms with van der Waals surface area (Å²) < 4.78 is 16.2. The molecule has 0 aliphatic carbocycles. The molecule has 2 aromatic carbocycles. The van der Waals surface area contributed by atoms with E-state index in [4.69, 9.17) is 25.5 Å². The van der Waals surface area contributed by atoms with Crippen LogP contribution in [0.1, 0.15) is 27.2 Å². The van der Waals surface area contributed by atoms with E-state index in [1.54, 1.807) is 17.0 Å². The second-order valence-corrected chi connectivity index (χ2v) is 7.82. The van der Waals surface area contributed by atoms with Gasteiger partial charge in [-0.1, -0.05) is 41.4 Å². The van der Waals surface area contributed by atoms with Crippen LogP contribution in [0, 0.1) is 6.92 Å². The van der Waals surface area contributed by atoms with Crippen LogP contribution in [-0.4, -0.2) is 22.6 Å².